The predicted octanol–water partition coefficient (Wildman–Crippen LogP) is 4.92. The lowest BCUT2D eigenvalue weighted by Gasteiger charge is -2.19. The van der Waals surface area contributed by atoms with E-state index in [9.17, 15) is 0 Å². The van der Waals surface area contributed by atoms with Crippen LogP contribution in [0.1, 0.15) is 63.9 Å². The molecular formula is C20H31NO2. The third-order valence-electron chi connectivity index (χ3n) is 5.36. The molecule has 0 radical (unpaired) electrons. The second kappa shape index (κ2) is 8.27. The molecular weight excluding hydrogens is 286 g/mol. The van der Waals surface area contributed by atoms with Gasteiger partial charge >= 0.3 is 0 Å². The van der Waals surface area contributed by atoms with Gasteiger partial charge in [-0.25, -0.2) is 0 Å². The third kappa shape index (κ3) is 4.56. The summed E-state index contributed by atoms with van der Waals surface area (Å²) in [5.41, 5.74) is 1.31. The summed E-state index contributed by atoms with van der Waals surface area (Å²) in [6.45, 7) is 4.89. The minimum absolute atomic E-state index is 0.0593. The molecule has 0 N–H and O–H groups in total. The van der Waals surface area contributed by atoms with E-state index in [1.165, 1.54) is 50.5 Å². The first-order chi connectivity index (χ1) is 11.3. The fraction of sp³-hybridized carbons (Fsp3) is 0.700. The molecule has 3 heteroatoms. The summed E-state index contributed by atoms with van der Waals surface area (Å²) in [7, 11) is 0. The largest absolute Gasteiger partial charge is 0.377 e. The van der Waals surface area contributed by atoms with Gasteiger partial charge in [-0.1, -0.05) is 62.9 Å². The van der Waals surface area contributed by atoms with Crippen LogP contribution in [0.25, 0.3) is 0 Å². The number of hydrogen-bond donors (Lipinski definition) is 0. The van der Waals surface area contributed by atoms with Crippen LogP contribution < -0.4 is 0 Å². The van der Waals surface area contributed by atoms with Crippen LogP contribution in [0, 0.1) is 5.92 Å². The molecule has 1 aliphatic carbocycles. The lowest BCUT2D eigenvalue weighted by molar-refractivity contribution is 0.104. The summed E-state index contributed by atoms with van der Waals surface area (Å²) in [5, 5.41) is 2.24. The van der Waals surface area contributed by atoms with Crippen molar-refractivity contribution in [3.05, 3.63) is 35.9 Å². The summed E-state index contributed by atoms with van der Waals surface area (Å²) in [5.74, 6) is 0.658. The van der Waals surface area contributed by atoms with Crippen molar-refractivity contribution in [2.24, 2.45) is 5.92 Å². The van der Waals surface area contributed by atoms with Crippen molar-refractivity contribution in [3.63, 3.8) is 0 Å². The number of hydroxylamine groups is 2. The Morgan fingerprint density at radius 3 is 2.78 bits per heavy atom. The standard InChI is InChI=1S/C20H31NO2/c1-18-11-6-3-2-4-9-14-20(18)21(23-20)15-10-16-22-17-19-12-7-5-8-13-19/h5,7-8,12-13,18H,2-4,6,9-11,14-17H2,1H3/t18-,20?,21?/m1/s1. The lowest BCUT2D eigenvalue weighted by atomic mass is 9.91. The average Bonchev–Trinajstić information content (AvgIpc) is 3.26. The van der Waals surface area contributed by atoms with Gasteiger partial charge < -0.3 is 4.74 Å². The van der Waals surface area contributed by atoms with E-state index in [0.29, 0.717) is 12.5 Å². The zero-order valence-electron chi connectivity index (χ0n) is 14.5. The first-order valence-corrected chi connectivity index (χ1v) is 9.40. The van der Waals surface area contributed by atoms with Gasteiger partial charge in [0, 0.05) is 19.1 Å². The fourth-order valence-corrected chi connectivity index (χ4v) is 3.82. The predicted molar refractivity (Wildman–Crippen MR) is 92.7 cm³/mol. The number of hydrogen-bond acceptors (Lipinski definition) is 3. The Kier molecular flexibility index (Phi) is 6.09. The van der Waals surface area contributed by atoms with Crippen molar-refractivity contribution in [3.8, 4) is 0 Å². The molecule has 1 aliphatic heterocycles. The van der Waals surface area contributed by atoms with E-state index in [1.54, 1.807) is 0 Å². The topological polar surface area (TPSA) is 24.8 Å². The smallest absolute Gasteiger partial charge is 0.167 e. The molecule has 1 heterocycles. The molecule has 2 fully saturated rings. The van der Waals surface area contributed by atoms with Crippen LogP contribution in [0.15, 0.2) is 30.3 Å². The van der Waals surface area contributed by atoms with Crippen LogP contribution in [0.2, 0.25) is 0 Å². The molecule has 2 aliphatic rings. The number of ether oxygens (including phenoxy) is 1. The van der Waals surface area contributed by atoms with E-state index in [1.807, 2.05) is 6.07 Å². The third-order valence-corrected chi connectivity index (χ3v) is 5.36. The van der Waals surface area contributed by atoms with E-state index in [2.05, 4.69) is 36.3 Å². The highest BCUT2D eigenvalue weighted by Crippen LogP contribution is 2.48. The van der Waals surface area contributed by atoms with Crippen LogP contribution in [0.5, 0.6) is 0 Å². The lowest BCUT2D eigenvalue weighted by Crippen LogP contribution is -2.28. The van der Waals surface area contributed by atoms with Crippen molar-refractivity contribution < 1.29 is 9.57 Å². The molecule has 2 unspecified atom stereocenters. The monoisotopic (exact) mass is 317 g/mol. The molecule has 3 nitrogen and oxygen atoms in total. The maximum atomic E-state index is 6.09. The average molecular weight is 317 g/mol. The maximum absolute atomic E-state index is 6.09. The first-order valence-electron chi connectivity index (χ1n) is 9.40. The highest BCUT2D eigenvalue weighted by Gasteiger charge is 2.57. The Labute approximate surface area is 140 Å². The zero-order valence-corrected chi connectivity index (χ0v) is 14.5. The Bertz CT molecular complexity index is 464. The van der Waals surface area contributed by atoms with Crippen LogP contribution in [-0.2, 0) is 16.2 Å². The normalized spacial score (nSPS) is 31.3. The van der Waals surface area contributed by atoms with Crippen molar-refractivity contribution in [1.29, 1.82) is 0 Å². The highest BCUT2D eigenvalue weighted by molar-refractivity contribution is 5.13. The molecule has 0 bridgehead atoms. The molecule has 0 aromatic heterocycles. The van der Waals surface area contributed by atoms with Gasteiger partial charge in [-0.2, -0.15) is 5.06 Å². The van der Waals surface area contributed by atoms with E-state index in [-0.39, 0.29) is 5.72 Å². The van der Waals surface area contributed by atoms with Crippen molar-refractivity contribution in [1.82, 2.24) is 5.06 Å². The van der Waals surface area contributed by atoms with E-state index >= 15 is 0 Å². The Morgan fingerprint density at radius 1 is 1.13 bits per heavy atom. The van der Waals surface area contributed by atoms with Crippen molar-refractivity contribution >= 4 is 0 Å². The van der Waals surface area contributed by atoms with Crippen molar-refractivity contribution in [2.45, 2.75) is 70.6 Å². The van der Waals surface area contributed by atoms with Gasteiger partial charge in [-0.3, -0.25) is 4.84 Å². The zero-order chi connectivity index (χ0) is 16.0. The fourth-order valence-electron chi connectivity index (χ4n) is 3.82. The van der Waals surface area contributed by atoms with E-state index in [0.717, 1.165) is 19.6 Å². The summed E-state index contributed by atoms with van der Waals surface area (Å²) in [6.07, 6.45) is 10.4. The minimum atomic E-state index is 0.0593. The molecule has 1 saturated carbocycles. The van der Waals surface area contributed by atoms with Gasteiger partial charge in [-0.05, 0) is 31.2 Å². The molecule has 1 saturated heterocycles. The minimum Gasteiger partial charge on any atom is -0.377 e. The van der Waals surface area contributed by atoms with Crippen LogP contribution >= 0.6 is 0 Å². The van der Waals surface area contributed by atoms with E-state index in [4.69, 9.17) is 9.57 Å². The molecule has 1 spiro atoms. The highest BCUT2D eigenvalue weighted by atomic mass is 16.9. The first kappa shape index (κ1) is 16.9. The van der Waals surface area contributed by atoms with Gasteiger partial charge in [-0.15, -0.1) is 0 Å². The second-order valence-electron chi connectivity index (χ2n) is 7.14. The molecule has 0 amide bonds. The molecule has 1 aromatic carbocycles. The molecule has 3 atom stereocenters. The van der Waals surface area contributed by atoms with Gasteiger partial charge in [0.15, 0.2) is 5.72 Å². The SMILES string of the molecule is C[C@@H]1CCCCCCCC12ON2CCCOCc1ccccc1. The van der Waals surface area contributed by atoms with Gasteiger partial charge in [0.2, 0.25) is 0 Å². The summed E-state index contributed by atoms with van der Waals surface area (Å²) < 4.78 is 5.78. The van der Waals surface area contributed by atoms with Crippen LogP contribution in [0.4, 0.5) is 0 Å². The summed E-state index contributed by atoms with van der Waals surface area (Å²) in [6, 6.07) is 10.4. The Balaban J connectivity index is 1.36. The molecule has 23 heavy (non-hydrogen) atoms. The second-order valence-corrected chi connectivity index (χ2v) is 7.14. The quantitative estimate of drug-likeness (QED) is 0.550. The summed E-state index contributed by atoms with van der Waals surface area (Å²) in [4.78, 5) is 6.09. The molecule has 1 aromatic rings. The Hall–Kier alpha value is -0.900. The maximum Gasteiger partial charge on any atom is 0.167 e. The van der Waals surface area contributed by atoms with Gasteiger partial charge in [0.05, 0.1) is 6.61 Å². The number of benzene rings is 1. The summed E-state index contributed by atoms with van der Waals surface area (Å²) >= 11 is 0. The van der Waals surface area contributed by atoms with Crippen molar-refractivity contribution in [2.75, 3.05) is 13.2 Å². The van der Waals surface area contributed by atoms with Gasteiger partial charge in [0.25, 0.3) is 0 Å². The van der Waals surface area contributed by atoms with Crippen LogP contribution in [0.3, 0.4) is 0 Å². The van der Waals surface area contributed by atoms with E-state index < -0.39 is 0 Å². The Morgan fingerprint density at radius 2 is 1.91 bits per heavy atom. The van der Waals surface area contributed by atoms with Gasteiger partial charge in [0.1, 0.15) is 0 Å². The van der Waals surface area contributed by atoms with Crippen LogP contribution in [-0.4, -0.2) is 23.9 Å². The molecule has 128 valence electrons. The number of nitrogens with zero attached hydrogens (tertiary/aromatic N) is 1. The number of rotatable bonds is 6. The molecule has 3 rings (SSSR count).